The second kappa shape index (κ2) is 8.71. The molecule has 2 atom stereocenters. The van der Waals surface area contributed by atoms with E-state index >= 15 is 0 Å². The minimum Gasteiger partial charge on any atom is -0.384 e. The largest absolute Gasteiger partial charge is 0.417 e. The number of methoxy groups -OCH3 is 1. The molecule has 0 saturated carbocycles. The summed E-state index contributed by atoms with van der Waals surface area (Å²) >= 11 is 0. The molecule has 10 heteroatoms. The maximum Gasteiger partial charge on any atom is 0.417 e. The Bertz CT molecular complexity index is 1080. The molecule has 0 aliphatic carbocycles. The zero-order chi connectivity index (χ0) is 23.8. The highest BCUT2D eigenvalue weighted by Crippen LogP contribution is 2.45. The molecule has 0 bridgehead atoms. The number of nitrogens with zero attached hydrogens (tertiary/aromatic N) is 5. The van der Waals surface area contributed by atoms with E-state index in [9.17, 15) is 18.0 Å². The van der Waals surface area contributed by atoms with Gasteiger partial charge in [-0.05, 0) is 37.6 Å². The third kappa shape index (κ3) is 4.55. The first-order chi connectivity index (χ1) is 15.6. The predicted octanol–water partition coefficient (Wildman–Crippen LogP) is 3.08. The molecule has 2 saturated heterocycles. The van der Waals surface area contributed by atoms with Gasteiger partial charge >= 0.3 is 6.18 Å². The summed E-state index contributed by atoms with van der Waals surface area (Å²) in [6.45, 7) is 4.62. The van der Waals surface area contributed by atoms with E-state index in [1.807, 2.05) is 22.8 Å². The quantitative estimate of drug-likeness (QED) is 0.684. The van der Waals surface area contributed by atoms with Gasteiger partial charge in [-0.2, -0.15) is 23.5 Å². The second-order valence-corrected chi connectivity index (χ2v) is 8.96. The van der Waals surface area contributed by atoms with Gasteiger partial charge in [-0.3, -0.25) is 9.48 Å². The van der Waals surface area contributed by atoms with Crippen molar-refractivity contribution in [3.63, 3.8) is 0 Å². The Kier molecular flexibility index (Phi) is 6.10. The van der Waals surface area contributed by atoms with E-state index in [0.29, 0.717) is 44.9 Å². The number of anilines is 1. The average molecular weight is 461 g/mol. The van der Waals surface area contributed by atoms with Gasteiger partial charge in [0.2, 0.25) is 5.91 Å². The van der Waals surface area contributed by atoms with Gasteiger partial charge < -0.3 is 14.5 Å². The Morgan fingerprint density at radius 2 is 2.12 bits per heavy atom. The normalized spacial score (nSPS) is 22.8. The molecular weight excluding hydrogens is 435 g/mol. The fourth-order valence-corrected chi connectivity index (χ4v) is 5.08. The van der Waals surface area contributed by atoms with Gasteiger partial charge in [0.05, 0.1) is 29.5 Å². The van der Waals surface area contributed by atoms with Gasteiger partial charge in [0.1, 0.15) is 6.54 Å². The average Bonchev–Trinajstić information content (AvgIpc) is 3.35. The van der Waals surface area contributed by atoms with Gasteiger partial charge in [0.25, 0.3) is 0 Å². The first kappa shape index (κ1) is 23.1. The molecule has 1 aromatic carbocycles. The van der Waals surface area contributed by atoms with Crippen LogP contribution in [0.2, 0.25) is 0 Å². The van der Waals surface area contributed by atoms with Crippen LogP contribution in [0.1, 0.15) is 23.2 Å². The van der Waals surface area contributed by atoms with Crippen LogP contribution in [0.5, 0.6) is 0 Å². The number of halogens is 3. The van der Waals surface area contributed by atoms with E-state index in [1.54, 1.807) is 30.1 Å². The molecule has 1 aromatic heterocycles. The molecule has 3 heterocycles. The van der Waals surface area contributed by atoms with Crippen LogP contribution in [0, 0.1) is 29.6 Å². The lowest BCUT2D eigenvalue weighted by atomic mass is 9.73. The topological polar surface area (TPSA) is 74.4 Å². The molecule has 33 heavy (non-hydrogen) atoms. The molecule has 2 aliphatic heterocycles. The lowest BCUT2D eigenvalue weighted by Gasteiger charge is -2.43. The molecule has 0 unspecified atom stereocenters. The number of alkyl halides is 3. The number of carbonyl (C=O) groups is 1. The monoisotopic (exact) mass is 461 g/mol. The number of ether oxygens (including phenoxy) is 1. The van der Waals surface area contributed by atoms with Crippen LogP contribution in [0.4, 0.5) is 18.9 Å². The van der Waals surface area contributed by atoms with Crippen molar-refractivity contribution in [1.29, 1.82) is 5.26 Å². The van der Waals surface area contributed by atoms with Gasteiger partial charge in [-0.1, -0.05) is 0 Å². The summed E-state index contributed by atoms with van der Waals surface area (Å²) in [7, 11) is 1.62. The Morgan fingerprint density at radius 1 is 1.33 bits per heavy atom. The lowest BCUT2D eigenvalue weighted by molar-refractivity contribution is -0.138. The molecule has 2 aromatic rings. The lowest BCUT2D eigenvalue weighted by Crippen LogP contribution is -2.51. The minimum atomic E-state index is -4.61. The van der Waals surface area contributed by atoms with Crippen molar-refractivity contribution in [2.45, 2.75) is 26.1 Å². The number of piperidine rings is 1. The van der Waals surface area contributed by atoms with Crippen LogP contribution in [0.3, 0.4) is 0 Å². The SMILES string of the molecule is COC[C@@]12CCN(C(=O)Cn3ccc(C)n3)C[C@@H]1CN(c1ccc(C#N)c(C(F)(F)F)c1)C2. The number of carbonyl (C=O) groups excluding carboxylic acids is 1. The molecule has 2 aliphatic rings. The first-order valence-corrected chi connectivity index (χ1v) is 10.8. The number of aryl methyl sites for hydroxylation is 1. The van der Waals surface area contributed by atoms with E-state index in [4.69, 9.17) is 10.00 Å². The zero-order valence-corrected chi connectivity index (χ0v) is 18.6. The smallest absolute Gasteiger partial charge is 0.384 e. The van der Waals surface area contributed by atoms with Crippen LogP contribution < -0.4 is 4.90 Å². The maximum atomic E-state index is 13.5. The highest BCUT2D eigenvalue weighted by molar-refractivity contribution is 5.76. The summed E-state index contributed by atoms with van der Waals surface area (Å²) in [6, 6.07) is 7.32. The number of nitriles is 1. The summed E-state index contributed by atoms with van der Waals surface area (Å²) < 4.78 is 47.5. The number of rotatable bonds is 5. The third-order valence-corrected chi connectivity index (χ3v) is 6.78. The standard InChI is InChI=1S/C23H26F3N5O2/c1-16-5-7-31(28-16)13-21(32)29-8-6-22(15-33-2)14-30(12-18(22)11-29)19-4-3-17(10-27)20(9-19)23(24,25)26/h3-5,7,9,18H,6,8,11-15H2,1-2H3/t18-,22+/m1/s1. The van der Waals surface area contributed by atoms with Crippen LogP contribution in [0.25, 0.3) is 0 Å². The van der Waals surface area contributed by atoms with Gasteiger partial charge in [0, 0.05) is 56.5 Å². The molecule has 0 N–H and O–H groups in total. The zero-order valence-electron chi connectivity index (χ0n) is 18.6. The first-order valence-electron chi connectivity index (χ1n) is 10.8. The predicted molar refractivity (Wildman–Crippen MR) is 114 cm³/mol. The van der Waals surface area contributed by atoms with Gasteiger partial charge in [0.15, 0.2) is 0 Å². The van der Waals surface area contributed by atoms with Crippen molar-refractivity contribution < 1.29 is 22.7 Å². The summed E-state index contributed by atoms with van der Waals surface area (Å²) in [6.07, 6.45) is -2.13. The summed E-state index contributed by atoms with van der Waals surface area (Å²) in [5.74, 6) is 0.0276. The Morgan fingerprint density at radius 3 is 2.76 bits per heavy atom. The fraction of sp³-hybridized carbons (Fsp3) is 0.522. The third-order valence-electron chi connectivity index (χ3n) is 6.78. The summed E-state index contributed by atoms with van der Waals surface area (Å²) in [5.41, 5.74) is -0.298. The Labute approximate surface area is 190 Å². The number of likely N-dealkylation sites (tertiary alicyclic amines) is 1. The molecule has 7 nitrogen and oxygen atoms in total. The molecule has 0 radical (unpaired) electrons. The fourth-order valence-electron chi connectivity index (χ4n) is 5.08. The number of amides is 1. The van der Waals surface area contributed by atoms with Crippen LogP contribution in [0.15, 0.2) is 30.5 Å². The Hall–Kier alpha value is -3.06. The van der Waals surface area contributed by atoms with Crippen molar-refractivity contribution in [1.82, 2.24) is 14.7 Å². The number of hydrogen-bond acceptors (Lipinski definition) is 5. The number of aromatic nitrogens is 2. The van der Waals surface area contributed by atoms with Gasteiger partial charge in [-0.25, -0.2) is 0 Å². The van der Waals surface area contributed by atoms with E-state index in [-0.39, 0.29) is 29.3 Å². The highest BCUT2D eigenvalue weighted by Gasteiger charge is 2.50. The van der Waals surface area contributed by atoms with E-state index in [2.05, 4.69) is 5.10 Å². The molecule has 176 valence electrons. The van der Waals surface area contributed by atoms with Crippen molar-refractivity contribution >= 4 is 11.6 Å². The van der Waals surface area contributed by atoms with Crippen LogP contribution in [-0.2, 0) is 22.3 Å². The second-order valence-electron chi connectivity index (χ2n) is 8.96. The van der Waals surface area contributed by atoms with Crippen molar-refractivity contribution in [3.05, 3.63) is 47.3 Å². The van der Waals surface area contributed by atoms with E-state index in [0.717, 1.165) is 11.8 Å². The van der Waals surface area contributed by atoms with Crippen LogP contribution >= 0.6 is 0 Å². The number of fused-ring (bicyclic) bond motifs is 1. The summed E-state index contributed by atoms with van der Waals surface area (Å²) in [5, 5.41) is 13.4. The maximum absolute atomic E-state index is 13.5. The van der Waals surface area contributed by atoms with Crippen molar-refractivity contribution in [3.8, 4) is 6.07 Å². The molecular formula is C23H26F3N5O2. The molecule has 1 amide bonds. The van der Waals surface area contributed by atoms with Gasteiger partial charge in [-0.15, -0.1) is 0 Å². The van der Waals surface area contributed by atoms with Crippen LogP contribution in [-0.4, -0.2) is 60.5 Å². The molecule has 2 fully saturated rings. The van der Waals surface area contributed by atoms with Crippen molar-refractivity contribution in [2.24, 2.45) is 11.3 Å². The van der Waals surface area contributed by atoms with E-state index < -0.39 is 11.7 Å². The summed E-state index contributed by atoms with van der Waals surface area (Å²) in [4.78, 5) is 16.6. The van der Waals surface area contributed by atoms with Crippen molar-refractivity contribution in [2.75, 3.05) is 44.8 Å². The molecule has 0 spiro atoms. The Balaban J connectivity index is 1.54. The highest BCUT2D eigenvalue weighted by atomic mass is 19.4. The minimum absolute atomic E-state index is 0.0275. The molecule has 4 rings (SSSR count). The number of benzene rings is 1. The number of hydrogen-bond donors (Lipinski definition) is 0. The van der Waals surface area contributed by atoms with E-state index in [1.165, 1.54) is 6.07 Å².